The maximum atomic E-state index is 11.5. The van der Waals surface area contributed by atoms with Crippen LogP contribution in [0, 0.1) is 0 Å². The van der Waals surface area contributed by atoms with Crippen LogP contribution >= 0.6 is 12.6 Å². The fraction of sp³-hybridized carbons (Fsp3) is 0.800. The lowest BCUT2D eigenvalue weighted by Crippen LogP contribution is -2.23. The summed E-state index contributed by atoms with van der Waals surface area (Å²) in [4.78, 5) is 10.4. The molecule has 0 saturated heterocycles. The Balaban J connectivity index is 3.87. The molecule has 0 aliphatic rings. The van der Waals surface area contributed by atoms with Crippen molar-refractivity contribution in [2.24, 2.45) is 0 Å². The van der Waals surface area contributed by atoms with Crippen molar-refractivity contribution < 1.29 is 22.7 Å². The predicted octanol–water partition coefficient (Wildman–Crippen LogP) is 1.41. The summed E-state index contributed by atoms with van der Waals surface area (Å²) in [6.45, 7) is 0. The van der Waals surface area contributed by atoms with E-state index in [1.807, 2.05) is 0 Å². The topological polar surface area (TPSA) is 26.3 Å². The van der Waals surface area contributed by atoms with Gasteiger partial charge in [0.2, 0.25) is 0 Å². The zero-order valence-electron chi connectivity index (χ0n) is 5.68. The third-order valence-corrected chi connectivity index (χ3v) is 1.29. The van der Waals surface area contributed by atoms with E-state index in [1.165, 1.54) is 0 Å². The van der Waals surface area contributed by atoms with E-state index in [-0.39, 0.29) is 0 Å². The summed E-state index contributed by atoms with van der Waals surface area (Å²) < 4.78 is 38.7. The molecular formula is C5H7F3O2S. The monoisotopic (exact) mass is 188 g/mol. The van der Waals surface area contributed by atoms with Gasteiger partial charge in [0.25, 0.3) is 0 Å². The summed E-state index contributed by atoms with van der Waals surface area (Å²) in [6.07, 6.45) is -5.64. The zero-order chi connectivity index (χ0) is 9.07. The van der Waals surface area contributed by atoms with Gasteiger partial charge in [-0.3, -0.25) is 4.79 Å². The molecule has 0 aliphatic heterocycles. The van der Waals surface area contributed by atoms with E-state index in [9.17, 15) is 18.0 Å². The van der Waals surface area contributed by atoms with Gasteiger partial charge < -0.3 is 4.74 Å². The van der Waals surface area contributed by atoms with Crippen molar-refractivity contribution in [2.75, 3.05) is 7.11 Å². The van der Waals surface area contributed by atoms with Crippen molar-refractivity contribution in [3.63, 3.8) is 0 Å². The molecule has 0 amide bonds. The molecule has 11 heavy (non-hydrogen) atoms. The molecule has 2 nitrogen and oxygen atoms in total. The minimum atomic E-state index is -4.37. The summed E-state index contributed by atoms with van der Waals surface area (Å²) in [6, 6.07) is 0. The summed E-state index contributed by atoms with van der Waals surface area (Å²) in [5.41, 5.74) is 0. The Labute approximate surface area is 67.1 Å². The highest BCUT2D eigenvalue weighted by atomic mass is 32.1. The third-order valence-electron chi connectivity index (χ3n) is 0.898. The minimum absolute atomic E-state index is 0.967. The molecule has 0 heterocycles. The highest BCUT2D eigenvalue weighted by Crippen LogP contribution is 2.24. The second kappa shape index (κ2) is 3.85. The Kier molecular flexibility index (Phi) is 3.71. The van der Waals surface area contributed by atoms with Gasteiger partial charge in [-0.2, -0.15) is 25.8 Å². The average molecular weight is 188 g/mol. The highest BCUT2D eigenvalue weighted by molar-refractivity contribution is 7.81. The number of ether oxygens (including phenoxy) is 1. The lowest BCUT2D eigenvalue weighted by Gasteiger charge is -2.10. The van der Waals surface area contributed by atoms with Crippen LogP contribution in [0.25, 0.3) is 0 Å². The number of methoxy groups -OCH3 is 1. The summed E-state index contributed by atoms with van der Waals surface area (Å²) >= 11 is 3.40. The van der Waals surface area contributed by atoms with Gasteiger partial charge >= 0.3 is 12.1 Å². The molecule has 0 aromatic heterocycles. The fourth-order valence-electron chi connectivity index (χ4n) is 0.439. The van der Waals surface area contributed by atoms with Crippen LogP contribution in [0.3, 0.4) is 0 Å². The van der Waals surface area contributed by atoms with E-state index in [1.54, 1.807) is 0 Å². The standard InChI is InChI=1S/C5H7F3O2S/c1-10-4(9)3(11)2-5(6,7)8/h3,11H,2H2,1H3/t3-/m1/s1. The van der Waals surface area contributed by atoms with Crippen molar-refractivity contribution in [2.45, 2.75) is 17.8 Å². The molecule has 0 unspecified atom stereocenters. The maximum Gasteiger partial charge on any atom is 0.390 e. The molecule has 6 heteroatoms. The van der Waals surface area contributed by atoms with Crippen LogP contribution in [0.5, 0.6) is 0 Å². The van der Waals surface area contributed by atoms with Crippen LogP contribution in [0.2, 0.25) is 0 Å². The zero-order valence-corrected chi connectivity index (χ0v) is 6.58. The van der Waals surface area contributed by atoms with E-state index in [0.29, 0.717) is 0 Å². The summed E-state index contributed by atoms with van der Waals surface area (Å²) in [7, 11) is 1.02. The van der Waals surface area contributed by atoms with Crippen LogP contribution < -0.4 is 0 Å². The summed E-state index contributed by atoms with van der Waals surface area (Å²) in [5, 5.41) is -1.42. The summed E-state index contributed by atoms with van der Waals surface area (Å²) in [5.74, 6) is -0.967. The molecule has 0 aromatic carbocycles. The Hall–Kier alpha value is -0.390. The van der Waals surface area contributed by atoms with Crippen LogP contribution in [-0.2, 0) is 9.53 Å². The molecule has 0 saturated carbocycles. The van der Waals surface area contributed by atoms with E-state index in [4.69, 9.17) is 0 Å². The van der Waals surface area contributed by atoms with Crippen molar-refractivity contribution >= 4 is 18.6 Å². The minimum Gasteiger partial charge on any atom is -0.468 e. The highest BCUT2D eigenvalue weighted by Gasteiger charge is 2.33. The second-order valence-corrected chi connectivity index (χ2v) is 2.48. The number of hydrogen-bond donors (Lipinski definition) is 1. The molecule has 66 valence electrons. The first-order chi connectivity index (χ1) is 4.87. The number of thiol groups is 1. The van der Waals surface area contributed by atoms with E-state index < -0.39 is 23.8 Å². The molecule has 0 radical (unpaired) electrons. The molecule has 0 N–H and O–H groups in total. The van der Waals surface area contributed by atoms with Gasteiger partial charge in [-0.05, 0) is 0 Å². The average Bonchev–Trinajstić information content (AvgIpc) is 1.82. The van der Waals surface area contributed by atoms with Crippen molar-refractivity contribution in [3.8, 4) is 0 Å². The molecule has 0 spiro atoms. The van der Waals surface area contributed by atoms with Gasteiger partial charge in [-0.25, -0.2) is 0 Å². The predicted molar refractivity (Wildman–Crippen MR) is 35.5 cm³/mol. The normalized spacial score (nSPS) is 14.3. The first kappa shape index (κ1) is 10.6. The molecule has 0 rings (SSSR count). The lowest BCUT2D eigenvalue weighted by molar-refractivity contribution is -0.153. The van der Waals surface area contributed by atoms with Crippen LogP contribution in [0.15, 0.2) is 0 Å². The number of halogens is 3. The van der Waals surface area contributed by atoms with Gasteiger partial charge in [0.05, 0.1) is 13.5 Å². The molecular weight excluding hydrogens is 181 g/mol. The van der Waals surface area contributed by atoms with Gasteiger partial charge in [0, 0.05) is 0 Å². The third kappa shape index (κ3) is 4.94. The first-order valence-electron chi connectivity index (χ1n) is 2.69. The lowest BCUT2D eigenvalue weighted by atomic mass is 10.3. The number of carbonyl (C=O) groups excluding carboxylic acids is 1. The Bertz CT molecular complexity index is 145. The van der Waals surface area contributed by atoms with Gasteiger partial charge in [-0.1, -0.05) is 0 Å². The van der Waals surface area contributed by atoms with E-state index in [0.717, 1.165) is 7.11 Å². The Morgan fingerprint density at radius 1 is 1.64 bits per heavy atom. The van der Waals surface area contributed by atoms with Gasteiger partial charge in [0.15, 0.2) is 0 Å². The number of esters is 1. The Morgan fingerprint density at radius 2 is 2.09 bits per heavy atom. The molecule has 0 aromatic rings. The van der Waals surface area contributed by atoms with Crippen molar-refractivity contribution in [3.05, 3.63) is 0 Å². The SMILES string of the molecule is COC(=O)[C@H](S)CC(F)(F)F. The van der Waals surface area contributed by atoms with Crippen molar-refractivity contribution in [1.82, 2.24) is 0 Å². The van der Waals surface area contributed by atoms with Crippen LogP contribution in [0.4, 0.5) is 13.2 Å². The second-order valence-electron chi connectivity index (χ2n) is 1.86. The van der Waals surface area contributed by atoms with Crippen molar-refractivity contribution in [1.29, 1.82) is 0 Å². The van der Waals surface area contributed by atoms with Gasteiger partial charge in [0.1, 0.15) is 5.25 Å². The molecule has 1 atom stereocenters. The number of hydrogen-bond acceptors (Lipinski definition) is 3. The quantitative estimate of drug-likeness (QED) is 0.523. The molecule has 0 aliphatic carbocycles. The van der Waals surface area contributed by atoms with E-state index in [2.05, 4.69) is 17.4 Å². The molecule has 0 bridgehead atoms. The largest absolute Gasteiger partial charge is 0.468 e. The smallest absolute Gasteiger partial charge is 0.390 e. The van der Waals surface area contributed by atoms with Crippen LogP contribution in [0.1, 0.15) is 6.42 Å². The number of rotatable bonds is 2. The maximum absolute atomic E-state index is 11.5. The number of alkyl halides is 3. The molecule has 0 fully saturated rings. The number of carbonyl (C=O) groups is 1. The fourth-order valence-corrected chi connectivity index (χ4v) is 0.751. The van der Waals surface area contributed by atoms with Crippen LogP contribution in [-0.4, -0.2) is 24.5 Å². The van der Waals surface area contributed by atoms with Gasteiger partial charge in [-0.15, -0.1) is 0 Å². The Morgan fingerprint density at radius 3 is 2.36 bits per heavy atom. The first-order valence-corrected chi connectivity index (χ1v) is 3.21. The van der Waals surface area contributed by atoms with E-state index >= 15 is 0 Å².